The average molecular weight is 258 g/mol. The molecule has 1 heterocycles. The number of benzene rings is 2. The van der Waals surface area contributed by atoms with Gasteiger partial charge < -0.3 is 4.90 Å². The molecule has 0 bridgehead atoms. The lowest BCUT2D eigenvalue weighted by atomic mass is 9.93. The Labute approximate surface area is 118 Å². The molecule has 1 aliphatic rings. The Morgan fingerprint density at radius 2 is 1.80 bits per heavy atom. The lowest BCUT2D eigenvalue weighted by Crippen LogP contribution is -2.25. The molecule has 94 valence electrons. The van der Waals surface area contributed by atoms with Gasteiger partial charge in [-0.1, -0.05) is 23.7 Å². The number of hydrogen-bond donors (Lipinski definition) is 0. The topological polar surface area (TPSA) is 44.1 Å². The van der Waals surface area contributed by atoms with E-state index in [1.165, 1.54) is 0 Å². The molecule has 20 heavy (non-hydrogen) atoms. The smallest absolute Gasteiger partial charge is 0.254 e. The zero-order valence-electron chi connectivity index (χ0n) is 10.8. The second kappa shape index (κ2) is 4.86. The molecule has 4 heteroatoms. The third kappa shape index (κ3) is 2.19. The largest absolute Gasteiger partial charge is 0.330 e. The minimum absolute atomic E-state index is 0.0238. The molecule has 0 N–H and O–H groups in total. The van der Waals surface area contributed by atoms with Gasteiger partial charge in [-0.3, -0.25) is 4.79 Å². The molecule has 0 aliphatic carbocycles. The van der Waals surface area contributed by atoms with Crippen LogP contribution in [0.2, 0.25) is 0 Å². The van der Waals surface area contributed by atoms with E-state index in [0.717, 1.165) is 16.6 Å². The minimum atomic E-state index is -0.0238. The van der Waals surface area contributed by atoms with Crippen molar-refractivity contribution in [3.8, 4) is 6.07 Å². The first-order valence-electron chi connectivity index (χ1n) is 6.34. The molecule has 3 rings (SSSR count). The highest BCUT2D eigenvalue weighted by atomic mass is 16.2. The van der Waals surface area contributed by atoms with E-state index in [9.17, 15) is 4.79 Å². The van der Waals surface area contributed by atoms with Crippen LogP contribution in [0.1, 0.15) is 27.0 Å². The normalized spacial score (nSPS) is 12.8. The van der Waals surface area contributed by atoms with E-state index in [2.05, 4.69) is 0 Å². The van der Waals surface area contributed by atoms with Crippen molar-refractivity contribution in [3.63, 3.8) is 0 Å². The average Bonchev–Trinajstić information content (AvgIpc) is 2.89. The predicted molar refractivity (Wildman–Crippen MR) is 76.6 cm³/mol. The van der Waals surface area contributed by atoms with Crippen molar-refractivity contribution in [1.29, 1.82) is 5.26 Å². The van der Waals surface area contributed by atoms with Crippen LogP contribution in [0, 0.1) is 11.3 Å². The van der Waals surface area contributed by atoms with Crippen LogP contribution in [0.25, 0.3) is 0 Å². The van der Waals surface area contributed by atoms with E-state index in [-0.39, 0.29) is 5.91 Å². The lowest BCUT2D eigenvalue weighted by molar-refractivity contribution is 0.0751. The summed E-state index contributed by atoms with van der Waals surface area (Å²) in [5.41, 5.74) is 4.12. The number of nitrogens with zero attached hydrogens (tertiary/aromatic N) is 2. The number of hydrogen-bond acceptors (Lipinski definition) is 2. The first-order valence-corrected chi connectivity index (χ1v) is 6.34. The van der Waals surface area contributed by atoms with Gasteiger partial charge in [-0.05, 0) is 35.4 Å². The molecule has 0 spiro atoms. The van der Waals surface area contributed by atoms with Crippen molar-refractivity contribution in [2.45, 2.75) is 13.1 Å². The van der Waals surface area contributed by atoms with Gasteiger partial charge >= 0.3 is 0 Å². The maximum absolute atomic E-state index is 12.4. The van der Waals surface area contributed by atoms with Gasteiger partial charge in [-0.25, -0.2) is 0 Å². The van der Waals surface area contributed by atoms with Gasteiger partial charge in [0.15, 0.2) is 0 Å². The number of carbonyl (C=O) groups excluding carboxylic acids is 1. The van der Waals surface area contributed by atoms with Crippen LogP contribution in [0.3, 0.4) is 0 Å². The van der Waals surface area contributed by atoms with Gasteiger partial charge in [-0.2, -0.15) is 5.26 Å². The van der Waals surface area contributed by atoms with Crippen LogP contribution in [-0.2, 0) is 13.1 Å². The summed E-state index contributed by atoms with van der Waals surface area (Å²) in [6.45, 7) is 1.19. The molecule has 2 aromatic carbocycles. The maximum Gasteiger partial charge on any atom is 0.254 e. The van der Waals surface area contributed by atoms with E-state index in [1.807, 2.05) is 24.3 Å². The van der Waals surface area contributed by atoms with Crippen LogP contribution >= 0.6 is 0 Å². The summed E-state index contributed by atoms with van der Waals surface area (Å²) in [4.78, 5) is 14.2. The van der Waals surface area contributed by atoms with Crippen molar-refractivity contribution in [2.24, 2.45) is 0 Å². The molecular weight excluding hydrogens is 247 g/mol. The van der Waals surface area contributed by atoms with Crippen LogP contribution in [0.4, 0.5) is 0 Å². The summed E-state index contributed by atoms with van der Waals surface area (Å²) in [6, 6.07) is 14.5. The highest BCUT2D eigenvalue weighted by molar-refractivity contribution is 6.32. The molecule has 0 atom stereocenters. The molecule has 1 amide bonds. The van der Waals surface area contributed by atoms with Crippen molar-refractivity contribution < 1.29 is 4.79 Å². The van der Waals surface area contributed by atoms with Crippen molar-refractivity contribution >= 4 is 19.2 Å². The van der Waals surface area contributed by atoms with Gasteiger partial charge in [0.25, 0.3) is 5.91 Å². The molecular formula is C16H11BN2O. The Morgan fingerprint density at radius 1 is 1.10 bits per heavy atom. The summed E-state index contributed by atoms with van der Waals surface area (Å²) in [5.74, 6) is -0.0238. The van der Waals surface area contributed by atoms with Crippen LogP contribution in [-0.4, -0.2) is 18.7 Å². The molecule has 2 radical (unpaired) electrons. The minimum Gasteiger partial charge on any atom is -0.330 e. The Hall–Kier alpha value is -2.54. The summed E-state index contributed by atoms with van der Waals surface area (Å²) in [7, 11) is 5.76. The molecule has 2 aromatic rings. The highest BCUT2D eigenvalue weighted by Crippen LogP contribution is 2.23. The van der Waals surface area contributed by atoms with Gasteiger partial charge in [0.05, 0.1) is 11.6 Å². The zero-order chi connectivity index (χ0) is 14.1. The molecule has 1 aliphatic heterocycles. The number of nitriles is 1. The third-order valence-electron chi connectivity index (χ3n) is 3.50. The molecule has 0 saturated heterocycles. The lowest BCUT2D eigenvalue weighted by Gasteiger charge is -2.15. The van der Waals surface area contributed by atoms with Gasteiger partial charge in [0, 0.05) is 18.7 Å². The van der Waals surface area contributed by atoms with Crippen molar-refractivity contribution in [2.75, 3.05) is 0 Å². The van der Waals surface area contributed by atoms with E-state index in [4.69, 9.17) is 13.1 Å². The quantitative estimate of drug-likeness (QED) is 0.728. The maximum atomic E-state index is 12.4. The van der Waals surface area contributed by atoms with E-state index in [1.54, 1.807) is 29.2 Å². The monoisotopic (exact) mass is 258 g/mol. The Kier molecular flexibility index (Phi) is 3.04. The Morgan fingerprint density at radius 3 is 2.50 bits per heavy atom. The Balaban J connectivity index is 1.81. The first kappa shape index (κ1) is 12.5. The van der Waals surface area contributed by atoms with E-state index < -0.39 is 0 Å². The fraction of sp³-hybridized carbons (Fsp3) is 0.125. The van der Waals surface area contributed by atoms with Crippen molar-refractivity contribution in [3.05, 3.63) is 64.7 Å². The summed E-state index contributed by atoms with van der Waals surface area (Å²) in [5, 5.41) is 8.77. The highest BCUT2D eigenvalue weighted by Gasteiger charge is 2.23. The number of carbonyl (C=O) groups is 1. The second-order valence-electron chi connectivity index (χ2n) is 4.88. The fourth-order valence-corrected chi connectivity index (χ4v) is 2.43. The van der Waals surface area contributed by atoms with Gasteiger partial charge in [0.1, 0.15) is 7.85 Å². The van der Waals surface area contributed by atoms with Crippen LogP contribution in [0.15, 0.2) is 42.5 Å². The number of rotatable bonds is 1. The van der Waals surface area contributed by atoms with Crippen LogP contribution in [0.5, 0.6) is 0 Å². The summed E-state index contributed by atoms with van der Waals surface area (Å²) < 4.78 is 0. The van der Waals surface area contributed by atoms with E-state index in [0.29, 0.717) is 24.2 Å². The second-order valence-corrected chi connectivity index (χ2v) is 4.88. The number of amides is 1. The Bertz CT molecular complexity index is 716. The molecule has 3 nitrogen and oxygen atoms in total. The van der Waals surface area contributed by atoms with Crippen LogP contribution < -0.4 is 5.46 Å². The van der Waals surface area contributed by atoms with Gasteiger partial charge in [0.2, 0.25) is 0 Å². The van der Waals surface area contributed by atoms with E-state index >= 15 is 0 Å². The molecule has 0 unspecified atom stereocenters. The summed E-state index contributed by atoms with van der Waals surface area (Å²) in [6.07, 6.45) is 0. The summed E-state index contributed by atoms with van der Waals surface area (Å²) >= 11 is 0. The van der Waals surface area contributed by atoms with Crippen molar-refractivity contribution in [1.82, 2.24) is 4.90 Å². The molecule has 0 fully saturated rings. The molecule has 0 saturated carbocycles. The SMILES string of the molecule is [B]c1ccc2c(c1)CN(C(=O)c1ccc(C#N)cc1)C2. The predicted octanol–water partition coefficient (Wildman–Crippen LogP) is 1.51. The third-order valence-corrected chi connectivity index (χ3v) is 3.50. The number of fused-ring (bicyclic) bond motifs is 1. The van der Waals surface area contributed by atoms with Gasteiger partial charge in [-0.15, -0.1) is 0 Å². The fourth-order valence-electron chi connectivity index (χ4n) is 2.43. The first-order chi connectivity index (χ1) is 9.67. The zero-order valence-corrected chi connectivity index (χ0v) is 10.8. The standard InChI is InChI=1S/C16H11BN2O/c17-15-6-5-13-9-19(10-14(13)7-15)16(20)12-3-1-11(8-18)2-4-12/h1-7H,9-10H2. The molecule has 0 aromatic heterocycles.